The molecule has 0 aromatic rings. The fourth-order valence-electron chi connectivity index (χ4n) is 7.49. The quantitative estimate of drug-likeness (QED) is 0.0199. The molecule has 0 bridgehead atoms. The molecule has 0 amide bonds. The maximum absolute atomic E-state index is 12.8. The van der Waals surface area contributed by atoms with Crippen LogP contribution < -0.4 is 0 Å². The van der Waals surface area contributed by atoms with E-state index in [1.165, 1.54) is 141 Å². The van der Waals surface area contributed by atoms with Crippen LogP contribution in [0, 0.1) is 0 Å². The van der Waals surface area contributed by atoms with Gasteiger partial charge in [-0.3, -0.25) is 14.4 Å². The molecule has 0 aromatic carbocycles. The predicted octanol–water partition coefficient (Wildman–Crippen LogP) is 17.6. The summed E-state index contributed by atoms with van der Waals surface area (Å²) in [7, 11) is 0. The Labute approximate surface area is 390 Å². The second kappa shape index (κ2) is 51.7. The Bertz CT molecular complexity index is 1150. The third-order valence-corrected chi connectivity index (χ3v) is 11.5. The van der Waals surface area contributed by atoms with Gasteiger partial charge >= 0.3 is 17.9 Å². The zero-order valence-electron chi connectivity index (χ0n) is 41.6. The van der Waals surface area contributed by atoms with Crippen LogP contribution in [-0.2, 0) is 28.6 Å². The van der Waals surface area contributed by atoms with Crippen LogP contribution in [0.25, 0.3) is 0 Å². The Morgan fingerprint density at radius 2 is 0.635 bits per heavy atom. The van der Waals surface area contributed by atoms with Gasteiger partial charge in [0.15, 0.2) is 6.10 Å². The summed E-state index contributed by atoms with van der Waals surface area (Å²) in [6.45, 7) is 6.48. The Hall–Kier alpha value is -2.89. The van der Waals surface area contributed by atoms with Crippen molar-refractivity contribution in [1.29, 1.82) is 0 Å². The summed E-state index contributed by atoms with van der Waals surface area (Å²) in [6, 6.07) is 0. The van der Waals surface area contributed by atoms with Crippen LogP contribution in [0.15, 0.2) is 60.8 Å². The maximum Gasteiger partial charge on any atom is 0.306 e. The first kappa shape index (κ1) is 60.1. The van der Waals surface area contributed by atoms with Crippen LogP contribution in [0.2, 0.25) is 0 Å². The summed E-state index contributed by atoms with van der Waals surface area (Å²) < 4.78 is 16.8. The summed E-state index contributed by atoms with van der Waals surface area (Å²) in [6.07, 6.45) is 63.5. The van der Waals surface area contributed by atoms with Crippen LogP contribution in [-0.4, -0.2) is 37.2 Å². The van der Waals surface area contributed by atoms with Gasteiger partial charge in [-0.15, -0.1) is 0 Å². The van der Waals surface area contributed by atoms with Gasteiger partial charge in [-0.05, 0) is 89.9 Å². The molecule has 0 aliphatic carbocycles. The normalized spacial score (nSPS) is 12.5. The van der Waals surface area contributed by atoms with E-state index >= 15 is 0 Å². The second-order valence-electron chi connectivity index (χ2n) is 17.8. The highest BCUT2D eigenvalue weighted by Gasteiger charge is 2.19. The maximum atomic E-state index is 12.8. The van der Waals surface area contributed by atoms with E-state index in [0.29, 0.717) is 19.3 Å². The Morgan fingerprint density at radius 1 is 0.333 bits per heavy atom. The molecule has 0 aliphatic heterocycles. The smallest absolute Gasteiger partial charge is 0.306 e. The van der Waals surface area contributed by atoms with E-state index in [0.717, 1.165) is 83.5 Å². The molecule has 0 saturated heterocycles. The summed E-state index contributed by atoms with van der Waals surface area (Å²) in [4.78, 5) is 38.0. The van der Waals surface area contributed by atoms with E-state index in [9.17, 15) is 14.4 Å². The second-order valence-corrected chi connectivity index (χ2v) is 17.8. The molecule has 6 nitrogen and oxygen atoms in total. The Kier molecular flexibility index (Phi) is 49.4. The van der Waals surface area contributed by atoms with Crippen molar-refractivity contribution >= 4 is 17.9 Å². The van der Waals surface area contributed by atoms with Gasteiger partial charge in [0.2, 0.25) is 0 Å². The van der Waals surface area contributed by atoms with Gasteiger partial charge < -0.3 is 14.2 Å². The van der Waals surface area contributed by atoms with E-state index < -0.39 is 6.10 Å². The highest BCUT2D eigenvalue weighted by molar-refractivity contribution is 5.71. The SMILES string of the molecule is CC\C=C/C=C\C=C/CCCCCCCCCC(=O)OC(COC(=O)CCCCC/C=C\CCCCCCCC)COC(=O)CCCCCCCCC/C=C\CCCCCCCC. The third-order valence-electron chi connectivity index (χ3n) is 11.5. The molecule has 0 aliphatic rings. The molecule has 364 valence electrons. The molecule has 1 unspecified atom stereocenters. The minimum atomic E-state index is -0.787. The summed E-state index contributed by atoms with van der Waals surface area (Å²) >= 11 is 0. The topological polar surface area (TPSA) is 78.9 Å². The highest BCUT2D eigenvalue weighted by Crippen LogP contribution is 2.15. The van der Waals surface area contributed by atoms with E-state index in [2.05, 4.69) is 81.5 Å². The number of hydrogen-bond acceptors (Lipinski definition) is 6. The van der Waals surface area contributed by atoms with Crippen molar-refractivity contribution in [3.05, 3.63) is 60.8 Å². The fourth-order valence-corrected chi connectivity index (χ4v) is 7.49. The predicted molar refractivity (Wildman–Crippen MR) is 270 cm³/mol. The zero-order valence-corrected chi connectivity index (χ0v) is 41.6. The largest absolute Gasteiger partial charge is 0.462 e. The van der Waals surface area contributed by atoms with Crippen LogP contribution in [0.4, 0.5) is 0 Å². The lowest BCUT2D eigenvalue weighted by atomic mass is 10.1. The molecule has 0 fully saturated rings. The molecule has 6 heteroatoms. The average molecular weight is 881 g/mol. The number of carbonyl (C=O) groups is 3. The van der Waals surface area contributed by atoms with Crippen molar-refractivity contribution in [2.24, 2.45) is 0 Å². The first-order valence-corrected chi connectivity index (χ1v) is 26.8. The number of allylic oxidation sites excluding steroid dienone is 10. The number of unbranched alkanes of at least 4 members (excludes halogenated alkanes) is 29. The Balaban J connectivity index is 4.40. The Morgan fingerprint density at radius 3 is 1.02 bits per heavy atom. The van der Waals surface area contributed by atoms with Crippen molar-refractivity contribution in [3.63, 3.8) is 0 Å². The highest BCUT2D eigenvalue weighted by atomic mass is 16.6. The molecular weight excluding hydrogens is 781 g/mol. The zero-order chi connectivity index (χ0) is 45.8. The van der Waals surface area contributed by atoms with Gasteiger partial charge in [-0.25, -0.2) is 0 Å². The molecule has 0 aromatic heterocycles. The summed E-state index contributed by atoms with van der Waals surface area (Å²) in [5, 5.41) is 0. The third kappa shape index (κ3) is 50.0. The van der Waals surface area contributed by atoms with Gasteiger partial charge in [-0.2, -0.15) is 0 Å². The van der Waals surface area contributed by atoms with Gasteiger partial charge in [0.05, 0.1) is 0 Å². The molecule has 0 radical (unpaired) electrons. The fraction of sp³-hybridized carbons (Fsp3) is 0.772. The first-order valence-electron chi connectivity index (χ1n) is 26.8. The lowest BCUT2D eigenvalue weighted by Gasteiger charge is -2.18. The number of rotatable bonds is 48. The van der Waals surface area contributed by atoms with Gasteiger partial charge in [-0.1, -0.05) is 216 Å². The van der Waals surface area contributed by atoms with Crippen LogP contribution in [0.1, 0.15) is 265 Å². The van der Waals surface area contributed by atoms with Gasteiger partial charge in [0.25, 0.3) is 0 Å². The average Bonchev–Trinajstić information content (AvgIpc) is 3.28. The molecule has 63 heavy (non-hydrogen) atoms. The van der Waals surface area contributed by atoms with Crippen molar-refractivity contribution in [2.75, 3.05) is 13.2 Å². The molecule has 0 saturated carbocycles. The van der Waals surface area contributed by atoms with E-state index in [1.54, 1.807) is 0 Å². The van der Waals surface area contributed by atoms with Crippen molar-refractivity contribution in [1.82, 2.24) is 0 Å². The van der Waals surface area contributed by atoms with Crippen molar-refractivity contribution in [2.45, 2.75) is 271 Å². The number of ether oxygens (including phenoxy) is 3. The standard InChI is InChI=1S/C57H100O6/c1-4-7-10-13-16-19-22-25-27-28-30-32-35-38-41-44-47-50-56(59)62-53-54(52-61-55(58)49-46-43-40-37-34-31-24-21-18-15-12-9-6-3)63-57(60)51-48-45-42-39-36-33-29-26-23-20-17-14-11-8-5-2/h8,11,14,17,20,23,25,27,31,34,54H,4-7,9-10,12-13,15-16,18-19,21-22,24,26,28-30,32-33,35-53H2,1-3H3/b11-8-,17-14-,23-20-,27-25-,34-31-. The number of hydrogen-bond donors (Lipinski definition) is 0. The van der Waals surface area contributed by atoms with Crippen molar-refractivity contribution < 1.29 is 28.6 Å². The van der Waals surface area contributed by atoms with Crippen LogP contribution in [0.5, 0.6) is 0 Å². The lowest BCUT2D eigenvalue weighted by molar-refractivity contribution is -0.167. The molecule has 0 heterocycles. The summed E-state index contributed by atoms with van der Waals surface area (Å²) in [5.74, 6) is -0.913. The molecule has 0 spiro atoms. The van der Waals surface area contributed by atoms with Gasteiger partial charge in [0.1, 0.15) is 13.2 Å². The molecule has 0 rings (SSSR count). The van der Waals surface area contributed by atoms with E-state index in [4.69, 9.17) is 14.2 Å². The van der Waals surface area contributed by atoms with Crippen molar-refractivity contribution in [3.8, 4) is 0 Å². The molecule has 1 atom stereocenters. The van der Waals surface area contributed by atoms with E-state index in [1.807, 2.05) is 0 Å². The summed E-state index contributed by atoms with van der Waals surface area (Å²) in [5.41, 5.74) is 0. The minimum absolute atomic E-state index is 0.0856. The number of carbonyl (C=O) groups excluding carboxylic acids is 3. The lowest BCUT2D eigenvalue weighted by Crippen LogP contribution is -2.30. The first-order chi connectivity index (χ1) is 31.0. The van der Waals surface area contributed by atoms with E-state index in [-0.39, 0.29) is 31.1 Å². The molecular formula is C57H100O6. The minimum Gasteiger partial charge on any atom is -0.462 e. The van der Waals surface area contributed by atoms with Crippen LogP contribution >= 0.6 is 0 Å². The van der Waals surface area contributed by atoms with Crippen LogP contribution in [0.3, 0.4) is 0 Å². The molecule has 0 N–H and O–H groups in total. The van der Waals surface area contributed by atoms with Gasteiger partial charge in [0, 0.05) is 19.3 Å². The number of esters is 3. The monoisotopic (exact) mass is 881 g/mol.